The minimum Gasteiger partial charge on any atom is -0.389 e. The van der Waals surface area contributed by atoms with Gasteiger partial charge in [-0.3, -0.25) is 4.98 Å². The summed E-state index contributed by atoms with van der Waals surface area (Å²) < 4.78 is 5.63. The molecule has 21 heavy (non-hydrogen) atoms. The van der Waals surface area contributed by atoms with Gasteiger partial charge in [0.25, 0.3) is 0 Å². The van der Waals surface area contributed by atoms with E-state index in [1.807, 2.05) is 18.2 Å². The van der Waals surface area contributed by atoms with Gasteiger partial charge in [0.1, 0.15) is 4.99 Å². The van der Waals surface area contributed by atoms with E-state index in [1.54, 1.807) is 6.20 Å². The molecule has 1 aliphatic heterocycles. The molecule has 5 heteroatoms. The molecule has 2 aromatic rings. The number of morpholine rings is 1. The molecule has 0 atom stereocenters. The van der Waals surface area contributed by atoms with Gasteiger partial charge in [0.05, 0.1) is 35.5 Å². The number of nitrogens with zero attached hydrogens (tertiary/aromatic N) is 2. The molecule has 0 saturated carbocycles. The molecule has 0 amide bonds. The molecule has 3 rings (SSSR count). The first-order valence-corrected chi connectivity index (χ1v) is 7.44. The van der Waals surface area contributed by atoms with Gasteiger partial charge in [-0.1, -0.05) is 30.4 Å². The summed E-state index contributed by atoms with van der Waals surface area (Å²) in [6.45, 7) is 6.54. The number of hydrogen-bond donors (Lipinski definition) is 1. The molecular weight excluding hydrogens is 282 g/mol. The fraction of sp³-hybridized carbons (Fsp3) is 0.375. The second kappa shape index (κ2) is 5.24. The molecule has 0 aliphatic carbocycles. The van der Waals surface area contributed by atoms with Gasteiger partial charge < -0.3 is 15.4 Å². The van der Waals surface area contributed by atoms with Crippen LogP contribution in [0, 0.1) is 0 Å². The van der Waals surface area contributed by atoms with Crippen molar-refractivity contribution < 1.29 is 4.74 Å². The van der Waals surface area contributed by atoms with Crippen LogP contribution in [0.2, 0.25) is 0 Å². The molecular formula is C16H19N3OS. The highest BCUT2D eigenvalue weighted by atomic mass is 32.1. The Morgan fingerprint density at radius 1 is 1.38 bits per heavy atom. The van der Waals surface area contributed by atoms with Crippen LogP contribution in [-0.2, 0) is 4.74 Å². The van der Waals surface area contributed by atoms with E-state index in [-0.39, 0.29) is 5.54 Å². The van der Waals surface area contributed by atoms with Gasteiger partial charge in [-0.2, -0.15) is 0 Å². The number of para-hydroxylation sites is 1. The standard InChI is InChI=1S/C16H19N3OS/c1-16(2)10-20-8-7-19(16)14-11-5-3-4-6-13(11)18-9-12(14)15(17)21/h3-6,9H,7-8,10H2,1-2H3,(H2,17,21). The average Bonchev–Trinajstić information content (AvgIpc) is 2.46. The topological polar surface area (TPSA) is 51.4 Å². The minimum atomic E-state index is -0.109. The molecule has 1 aromatic heterocycles. The first kappa shape index (κ1) is 14.2. The highest BCUT2D eigenvalue weighted by molar-refractivity contribution is 7.80. The van der Waals surface area contributed by atoms with Crippen molar-refractivity contribution in [1.29, 1.82) is 0 Å². The van der Waals surface area contributed by atoms with Crippen LogP contribution in [0.4, 0.5) is 5.69 Å². The Morgan fingerprint density at radius 2 is 2.14 bits per heavy atom. The molecule has 2 heterocycles. The van der Waals surface area contributed by atoms with Gasteiger partial charge in [0.15, 0.2) is 0 Å². The van der Waals surface area contributed by atoms with E-state index in [0.717, 1.165) is 28.7 Å². The summed E-state index contributed by atoms with van der Waals surface area (Å²) in [6, 6.07) is 8.09. The molecule has 1 aliphatic rings. The normalized spacial score (nSPS) is 17.9. The lowest BCUT2D eigenvalue weighted by Crippen LogP contribution is -2.53. The van der Waals surface area contributed by atoms with Crippen LogP contribution < -0.4 is 10.6 Å². The summed E-state index contributed by atoms with van der Waals surface area (Å²) in [5.41, 5.74) is 8.68. The SMILES string of the molecule is CC1(C)COCCN1c1c(C(N)=S)cnc2ccccc12. The fourth-order valence-electron chi connectivity index (χ4n) is 2.87. The van der Waals surface area contributed by atoms with E-state index in [4.69, 9.17) is 22.7 Å². The highest BCUT2D eigenvalue weighted by Crippen LogP contribution is 2.35. The molecule has 0 spiro atoms. The third kappa shape index (κ3) is 2.47. The summed E-state index contributed by atoms with van der Waals surface area (Å²) in [6.07, 6.45) is 1.78. The second-order valence-corrected chi connectivity index (χ2v) is 6.36. The van der Waals surface area contributed by atoms with Crippen molar-refractivity contribution in [2.24, 2.45) is 5.73 Å². The summed E-state index contributed by atoms with van der Waals surface area (Å²) >= 11 is 5.24. The number of benzene rings is 1. The minimum absolute atomic E-state index is 0.109. The van der Waals surface area contributed by atoms with Gasteiger partial charge in [0.2, 0.25) is 0 Å². The molecule has 1 aromatic carbocycles. The number of fused-ring (bicyclic) bond motifs is 1. The smallest absolute Gasteiger partial charge is 0.107 e. The lowest BCUT2D eigenvalue weighted by atomic mass is 9.98. The Bertz CT molecular complexity index is 699. The van der Waals surface area contributed by atoms with Crippen LogP contribution in [0.3, 0.4) is 0 Å². The zero-order valence-corrected chi connectivity index (χ0v) is 13.1. The fourth-order valence-corrected chi connectivity index (χ4v) is 3.02. The Morgan fingerprint density at radius 3 is 2.86 bits per heavy atom. The summed E-state index contributed by atoms with van der Waals surface area (Å²) in [7, 11) is 0. The van der Waals surface area contributed by atoms with Crippen LogP contribution >= 0.6 is 12.2 Å². The monoisotopic (exact) mass is 301 g/mol. The summed E-state index contributed by atoms with van der Waals surface area (Å²) in [5.74, 6) is 0. The van der Waals surface area contributed by atoms with Gasteiger partial charge >= 0.3 is 0 Å². The van der Waals surface area contributed by atoms with E-state index in [1.165, 1.54) is 0 Å². The van der Waals surface area contributed by atoms with E-state index >= 15 is 0 Å². The van der Waals surface area contributed by atoms with Crippen LogP contribution in [-0.4, -0.2) is 35.3 Å². The number of ether oxygens (including phenoxy) is 1. The maximum atomic E-state index is 5.93. The van der Waals surface area contributed by atoms with Crippen molar-refractivity contribution in [2.75, 3.05) is 24.7 Å². The van der Waals surface area contributed by atoms with Gasteiger partial charge in [-0.25, -0.2) is 0 Å². The highest BCUT2D eigenvalue weighted by Gasteiger charge is 2.33. The quantitative estimate of drug-likeness (QED) is 0.864. The number of thiocarbonyl (C=S) groups is 1. The molecule has 4 nitrogen and oxygen atoms in total. The van der Waals surface area contributed by atoms with Crippen molar-refractivity contribution in [3.8, 4) is 0 Å². The van der Waals surface area contributed by atoms with Crippen LogP contribution in [0.25, 0.3) is 10.9 Å². The van der Waals surface area contributed by atoms with Crippen LogP contribution in [0.1, 0.15) is 19.4 Å². The van der Waals surface area contributed by atoms with Crippen molar-refractivity contribution >= 4 is 33.8 Å². The first-order valence-electron chi connectivity index (χ1n) is 7.03. The van der Waals surface area contributed by atoms with Gasteiger partial charge in [-0.15, -0.1) is 0 Å². The molecule has 1 fully saturated rings. The molecule has 0 radical (unpaired) electrons. The van der Waals surface area contributed by atoms with Crippen molar-refractivity contribution in [1.82, 2.24) is 4.98 Å². The molecule has 2 N–H and O–H groups in total. The van der Waals surface area contributed by atoms with Gasteiger partial charge in [0, 0.05) is 18.1 Å². The number of aromatic nitrogens is 1. The van der Waals surface area contributed by atoms with Crippen LogP contribution in [0.15, 0.2) is 30.5 Å². The predicted molar refractivity (Wildman–Crippen MR) is 89.9 cm³/mol. The van der Waals surface area contributed by atoms with E-state index in [9.17, 15) is 0 Å². The van der Waals surface area contributed by atoms with Crippen molar-refractivity contribution in [3.63, 3.8) is 0 Å². The summed E-state index contributed by atoms with van der Waals surface area (Å²) in [5, 5.41) is 1.08. The first-order chi connectivity index (χ1) is 10.0. The number of anilines is 1. The van der Waals surface area contributed by atoms with Gasteiger partial charge in [-0.05, 0) is 19.9 Å². The average molecular weight is 301 g/mol. The maximum Gasteiger partial charge on any atom is 0.107 e. The number of rotatable bonds is 2. The number of hydrogen-bond acceptors (Lipinski definition) is 4. The predicted octanol–water partition coefficient (Wildman–Crippen LogP) is 2.48. The van der Waals surface area contributed by atoms with Crippen molar-refractivity contribution in [2.45, 2.75) is 19.4 Å². The zero-order chi connectivity index (χ0) is 15.0. The van der Waals surface area contributed by atoms with Crippen molar-refractivity contribution in [3.05, 3.63) is 36.0 Å². The third-order valence-corrected chi connectivity index (χ3v) is 4.15. The lowest BCUT2D eigenvalue weighted by molar-refractivity contribution is 0.0645. The van der Waals surface area contributed by atoms with E-state index in [0.29, 0.717) is 18.2 Å². The van der Waals surface area contributed by atoms with Crippen LogP contribution in [0.5, 0.6) is 0 Å². The Hall–Kier alpha value is -1.72. The van der Waals surface area contributed by atoms with E-state index in [2.05, 4.69) is 29.8 Å². The second-order valence-electron chi connectivity index (χ2n) is 5.92. The summed E-state index contributed by atoms with van der Waals surface area (Å²) in [4.78, 5) is 7.20. The molecule has 1 saturated heterocycles. The largest absolute Gasteiger partial charge is 0.389 e. The Kier molecular flexibility index (Phi) is 3.55. The number of pyridine rings is 1. The Balaban J connectivity index is 2.27. The zero-order valence-electron chi connectivity index (χ0n) is 12.3. The van der Waals surface area contributed by atoms with E-state index < -0.39 is 0 Å². The maximum absolute atomic E-state index is 5.93. The molecule has 0 unspecified atom stereocenters. The lowest BCUT2D eigenvalue weighted by Gasteiger charge is -2.44. The Labute approximate surface area is 129 Å². The number of nitrogens with two attached hydrogens (primary N) is 1. The molecule has 110 valence electrons. The third-order valence-electron chi connectivity index (χ3n) is 3.93. The molecule has 0 bridgehead atoms.